The van der Waals surface area contributed by atoms with E-state index in [2.05, 4.69) is 33.2 Å². The van der Waals surface area contributed by atoms with Gasteiger partial charge in [-0.3, -0.25) is 5.10 Å². The molecule has 2 heterocycles. The predicted octanol–water partition coefficient (Wildman–Crippen LogP) is 2.33. The van der Waals surface area contributed by atoms with Crippen LogP contribution in [0.2, 0.25) is 0 Å². The van der Waals surface area contributed by atoms with Crippen molar-refractivity contribution in [2.75, 3.05) is 5.73 Å². The third kappa shape index (κ3) is 1.87. The normalized spacial score (nSPS) is 11.1. The zero-order valence-electron chi connectivity index (χ0n) is 9.19. The number of nitrogens with zero attached hydrogens (tertiary/aromatic N) is 2. The number of H-pyrrole nitrogens is 2. The standard InChI is InChI=1S/C11H11N5S/c1-6-2-3-7-8(4-6)15-11(14-7)17-9-5-13-16-10(9)12/h2-5H,1H3,(H,14,15)(H3,12,13,16). The maximum absolute atomic E-state index is 5.73. The number of aromatic amines is 2. The Morgan fingerprint density at radius 1 is 1.35 bits per heavy atom. The predicted molar refractivity (Wildman–Crippen MR) is 68.0 cm³/mol. The van der Waals surface area contributed by atoms with Gasteiger partial charge >= 0.3 is 0 Å². The maximum atomic E-state index is 5.73. The highest BCUT2D eigenvalue weighted by molar-refractivity contribution is 7.99. The number of nitrogens with one attached hydrogen (secondary N) is 2. The van der Waals surface area contributed by atoms with Crippen LogP contribution < -0.4 is 5.73 Å². The Balaban J connectivity index is 1.99. The van der Waals surface area contributed by atoms with Crippen LogP contribution in [0.1, 0.15) is 5.56 Å². The summed E-state index contributed by atoms with van der Waals surface area (Å²) in [4.78, 5) is 8.61. The molecule has 0 spiro atoms. The number of anilines is 1. The molecular weight excluding hydrogens is 234 g/mol. The van der Waals surface area contributed by atoms with Crippen molar-refractivity contribution in [3.63, 3.8) is 0 Å². The molecule has 4 N–H and O–H groups in total. The minimum absolute atomic E-state index is 0.562. The third-order valence-electron chi connectivity index (χ3n) is 2.45. The van der Waals surface area contributed by atoms with E-state index in [1.165, 1.54) is 17.3 Å². The van der Waals surface area contributed by atoms with E-state index in [9.17, 15) is 0 Å². The maximum Gasteiger partial charge on any atom is 0.171 e. The SMILES string of the molecule is Cc1ccc2nc(Sc3cn[nH]c3N)[nH]c2c1. The lowest BCUT2D eigenvalue weighted by Gasteiger charge is -1.93. The average Bonchev–Trinajstić information content (AvgIpc) is 2.85. The molecule has 3 rings (SSSR count). The van der Waals surface area contributed by atoms with Crippen LogP contribution in [-0.4, -0.2) is 20.2 Å². The van der Waals surface area contributed by atoms with Gasteiger partial charge in [0, 0.05) is 0 Å². The van der Waals surface area contributed by atoms with E-state index in [1.54, 1.807) is 6.20 Å². The van der Waals surface area contributed by atoms with Crippen LogP contribution in [0.4, 0.5) is 5.82 Å². The molecule has 0 aliphatic heterocycles. The van der Waals surface area contributed by atoms with Crippen molar-refractivity contribution in [3.8, 4) is 0 Å². The molecule has 0 atom stereocenters. The largest absolute Gasteiger partial charge is 0.383 e. The second-order valence-electron chi connectivity index (χ2n) is 3.81. The molecule has 5 nitrogen and oxygen atoms in total. The van der Waals surface area contributed by atoms with Crippen LogP contribution in [0.15, 0.2) is 34.4 Å². The molecule has 1 aromatic carbocycles. The molecule has 6 heteroatoms. The van der Waals surface area contributed by atoms with Gasteiger partial charge < -0.3 is 10.7 Å². The molecule has 0 amide bonds. The van der Waals surface area contributed by atoms with E-state index in [0.29, 0.717) is 5.82 Å². The second-order valence-corrected chi connectivity index (χ2v) is 4.84. The molecular formula is C11H11N5S. The van der Waals surface area contributed by atoms with Crippen LogP contribution in [0.3, 0.4) is 0 Å². The summed E-state index contributed by atoms with van der Waals surface area (Å²) in [5.74, 6) is 0.562. The van der Waals surface area contributed by atoms with Crippen LogP contribution in [0.25, 0.3) is 11.0 Å². The summed E-state index contributed by atoms with van der Waals surface area (Å²) in [7, 11) is 0. The minimum Gasteiger partial charge on any atom is -0.383 e. The Labute approximate surface area is 102 Å². The van der Waals surface area contributed by atoms with E-state index in [1.807, 2.05) is 12.1 Å². The van der Waals surface area contributed by atoms with Crippen LogP contribution >= 0.6 is 11.8 Å². The Kier molecular flexibility index (Phi) is 2.29. The van der Waals surface area contributed by atoms with E-state index >= 15 is 0 Å². The Morgan fingerprint density at radius 2 is 2.24 bits per heavy atom. The van der Waals surface area contributed by atoms with Crippen LogP contribution in [0, 0.1) is 6.92 Å². The van der Waals surface area contributed by atoms with Gasteiger partial charge in [0.1, 0.15) is 5.82 Å². The monoisotopic (exact) mass is 245 g/mol. The van der Waals surface area contributed by atoms with Crippen molar-refractivity contribution in [1.82, 2.24) is 20.2 Å². The summed E-state index contributed by atoms with van der Waals surface area (Å²) < 4.78 is 0. The van der Waals surface area contributed by atoms with E-state index in [-0.39, 0.29) is 0 Å². The lowest BCUT2D eigenvalue weighted by atomic mass is 10.2. The van der Waals surface area contributed by atoms with Crippen molar-refractivity contribution in [1.29, 1.82) is 0 Å². The van der Waals surface area contributed by atoms with Crippen molar-refractivity contribution < 1.29 is 0 Å². The first-order chi connectivity index (χ1) is 8.22. The van der Waals surface area contributed by atoms with E-state index < -0.39 is 0 Å². The number of aryl methyl sites for hydroxylation is 1. The number of rotatable bonds is 2. The van der Waals surface area contributed by atoms with Gasteiger partial charge in [0.05, 0.1) is 22.1 Å². The van der Waals surface area contributed by atoms with Crippen LogP contribution in [0.5, 0.6) is 0 Å². The Morgan fingerprint density at radius 3 is 3.00 bits per heavy atom. The minimum atomic E-state index is 0.562. The summed E-state index contributed by atoms with van der Waals surface area (Å²) in [6.07, 6.45) is 1.69. The highest BCUT2D eigenvalue weighted by atomic mass is 32.2. The Hall–Kier alpha value is -1.95. The molecule has 0 fully saturated rings. The van der Waals surface area contributed by atoms with Crippen molar-refractivity contribution in [2.24, 2.45) is 0 Å². The average molecular weight is 245 g/mol. The van der Waals surface area contributed by atoms with Crippen molar-refractivity contribution >= 4 is 28.6 Å². The fourth-order valence-corrected chi connectivity index (χ4v) is 2.39. The molecule has 0 unspecified atom stereocenters. The third-order valence-corrected chi connectivity index (χ3v) is 3.39. The second kappa shape index (κ2) is 3.81. The topological polar surface area (TPSA) is 83.4 Å². The lowest BCUT2D eigenvalue weighted by Crippen LogP contribution is -1.86. The summed E-state index contributed by atoms with van der Waals surface area (Å²) in [6, 6.07) is 6.12. The van der Waals surface area contributed by atoms with Crippen LogP contribution in [-0.2, 0) is 0 Å². The molecule has 0 radical (unpaired) electrons. The number of imidazole rings is 1. The molecule has 86 valence electrons. The summed E-state index contributed by atoms with van der Waals surface area (Å²) in [5.41, 5.74) is 8.93. The fourth-order valence-electron chi connectivity index (χ4n) is 1.62. The van der Waals surface area contributed by atoms with Gasteiger partial charge in [-0.05, 0) is 36.4 Å². The summed E-state index contributed by atoms with van der Waals surface area (Å²) in [6.45, 7) is 2.06. The number of aromatic nitrogens is 4. The van der Waals surface area contributed by atoms with Gasteiger partial charge in [-0.1, -0.05) is 6.07 Å². The van der Waals surface area contributed by atoms with Gasteiger partial charge in [-0.15, -0.1) is 0 Å². The molecule has 0 bridgehead atoms. The van der Waals surface area contributed by atoms with Gasteiger partial charge in [-0.2, -0.15) is 5.10 Å². The summed E-state index contributed by atoms with van der Waals surface area (Å²) >= 11 is 1.47. The molecule has 2 aromatic heterocycles. The first-order valence-corrected chi connectivity index (χ1v) is 5.97. The van der Waals surface area contributed by atoms with Crippen molar-refractivity contribution in [2.45, 2.75) is 17.0 Å². The quantitative estimate of drug-likeness (QED) is 0.647. The van der Waals surface area contributed by atoms with Gasteiger partial charge in [0.2, 0.25) is 0 Å². The zero-order valence-corrected chi connectivity index (χ0v) is 10.0. The summed E-state index contributed by atoms with van der Waals surface area (Å²) in [5, 5.41) is 7.39. The van der Waals surface area contributed by atoms with E-state index in [0.717, 1.165) is 21.1 Å². The highest BCUT2D eigenvalue weighted by Gasteiger charge is 2.08. The van der Waals surface area contributed by atoms with Gasteiger partial charge in [-0.25, -0.2) is 4.98 Å². The fraction of sp³-hybridized carbons (Fsp3) is 0.0909. The first kappa shape index (κ1) is 10.2. The number of fused-ring (bicyclic) bond motifs is 1. The van der Waals surface area contributed by atoms with E-state index in [4.69, 9.17) is 5.73 Å². The number of hydrogen-bond donors (Lipinski definition) is 3. The first-order valence-electron chi connectivity index (χ1n) is 5.15. The molecule has 0 saturated heterocycles. The van der Waals surface area contributed by atoms with Gasteiger partial charge in [0.25, 0.3) is 0 Å². The molecule has 0 aliphatic carbocycles. The molecule has 17 heavy (non-hydrogen) atoms. The zero-order chi connectivity index (χ0) is 11.8. The molecule has 0 aliphatic rings. The Bertz CT molecular complexity index is 669. The molecule has 0 saturated carbocycles. The van der Waals surface area contributed by atoms with Gasteiger partial charge in [0.15, 0.2) is 5.16 Å². The number of hydrogen-bond acceptors (Lipinski definition) is 4. The molecule has 3 aromatic rings. The smallest absolute Gasteiger partial charge is 0.171 e. The highest BCUT2D eigenvalue weighted by Crippen LogP contribution is 2.29. The lowest BCUT2D eigenvalue weighted by molar-refractivity contribution is 1.08. The number of benzene rings is 1. The van der Waals surface area contributed by atoms with Crippen molar-refractivity contribution in [3.05, 3.63) is 30.0 Å². The number of nitrogen functional groups attached to an aromatic ring is 1. The number of nitrogens with two attached hydrogens (primary N) is 1.